The van der Waals surface area contributed by atoms with E-state index in [4.69, 9.17) is 16.7 Å². The molecule has 1 N–H and O–H groups in total. The van der Waals surface area contributed by atoms with E-state index < -0.39 is 5.82 Å². The molecular weight excluding hydrogens is 455 g/mol. The molecule has 5 aromatic rings. The van der Waals surface area contributed by atoms with Gasteiger partial charge in [-0.05, 0) is 54.8 Å². The number of amides is 1. The van der Waals surface area contributed by atoms with E-state index in [-0.39, 0.29) is 23.9 Å². The van der Waals surface area contributed by atoms with Crippen LogP contribution in [0.2, 0.25) is 5.02 Å². The van der Waals surface area contributed by atoms with Gasteiger partial charge in [-0.3, -0.25) is 9.20 Å². The molecule has 0 aliphatic rings. The molecule has 34 heavy (non-hydrogen) atoms. The second kappa shape index (κ2) is 8.87. The van der Waals surface area contributed by atoms with Crippen LogP contribution in [0.5, 0.6) is 0 Å². The number of hydrogen-bond acceptors (Lipinski definition) is 4. The standard InChI is InChI=1S/C25H22ClFN6O/c1-15-3-5-18(11-16(15)2)21-13-22-25-30-29-23(32(25)9-10-33(22)31-21)7-8-24(34)28-14-17-4-6-20(27)19(26)12-17/h3-6,9-13H,7-8,14H2,1-2H3,(H,28,34). The monoisotopic (exact) mass is 476 g/mol. The maximum atomic E-state index is 13.3. The average Bonchev–Trinajstić information content (AvgIpc) is 3.44. The zero-order valence-corrected chi connectivity index (χ0v) is 19.5. The molecule has 7 nitrogen and oxygen atoms in total. The average molecular weight is 477 g/mol. The minimum atomic E-state index is -0.483. The molecule has 0 fully saturated rings. The highest BCUT2D eigenvalue weighted by molar-refractivity contribution is 6.30. The molecule has 0 aliphatic carbocycles. The van der Waals surface area contributed by atoms with Crippen molar-refractivity contribution in [3.05, 3.63) is 88.2 Å². The number of aryl methyl sites for hydroxylation is 3. The van der Waals surface area contributed by atoms with Crippen LogP contribution < -0.4 is 5.32 Å². The van der Waals surface area contributed by atoms with E-state index in [1.54, 1.807) is 10.6 Å². The lowest BCUT2D eigenvalue weighted by Gasteiger charge is -2.06. The van der Waals surface area contributed by atoms with Crippen molar-refractivity contribution in [1.82, 2.24) is 29.5 Å². The molecular formula is C25H22ClFN6O. The number of nitrogens with one attached hydrogen (secondary N) is 1. The van der Waals surface area contributed by atoms with Gasteiger partial charge >= 0.3 is 0 Å². The topological polar surface area (TPSA) is 76.6 Å². The lowest BCUT2D eigenvalue weighted by Crippen LogP contribution is -2.23. The van der Waals surface area contributed by atoms with E-state index in [1.807, 2.05) is 22.9 Å². The Bertz CT molecular complexity index is 1540. The Morgan fingerprint density at radius 2 is 1.91 bits per heavy atom. The van der Waals surface area contributed by atoms with Crippen LogP contribution in [0.25, 0.3) is 22.4 Å². The molecule has 9 heteroatoms. The van der Waals surface area contributed by atoms with Gasteiger partial charge in [-0.25, -0.2) is 8.91 Å². The first-order valence-electron chi connectivity index (χ1n) is 10.9. The van der Waals surface area contributed by atoms with Crippen molar-refractivity contribution in [3.63, 3.8) is 0 Å². The minimum absolute atomic E-state index is 0.0357. The second-order valence-corrected chi connectivity index (χ2v) is 8.70. The zero-order chi connectivity index (χ0) is 23.8. The Labute approximate surface area is 200 Å². The van der Waals surface area contributed by atoms with Gasteiger partial charge in [0, 0.05) is 37.3 Å². The summed E-state index contributed by atoms with van der Waals surface area (Å²) in [4.78, 5) is 12.3. The molecule has 0 unspecified atom stereocenters. The normalized spacial score (nSPS) is 11.4. The SMILES string of the molecule is Cc1ccc(-c2cc3c4nnc(CCC(=O)NCc5ccc(F)c(Cl)c5)n4ccn3n2)cc1C. The van der Waals surface area contributed by atoms with Crippen molar-refractivity contribution in [2.75, 3.05) is 0 Å². The van der Waals surface area contributed by atoms with Gasteiger partial charge in [-0.1, -0.05) is 29.8 Å². The van der Waals surface area contributed by atoms with E-state index in [1.165, 1.54) is 23.3 Å². The predicted octanol–water partition coefficient (Wildman–Crippen LogP) is 4.70. The van der Waals surface area contributed by atoms with Crippen LogP contribution in [-0.2, 0) is 17.8 Å². The molecule has 0 aliphatic heterocycles. The van der Waals surface area contributed by atoms with E-state index in [0.717, 1.165) is 22.3 Å². The van der Waals surface area contributed by atoms with E-state index in [0.29, 0.717) is 17.9 Å². The number of aromatic nitrogens is 5. The Morgan fingerprint density at radius 1 is 1.06 bits per heavy atom. The summed E-state index contributed by atoms with van der Waals surface area (Å²) in [5.74, 6) is 0.0647. The second-order valence-electron chi connectivity index (χ2n) is 8.29. The molecule has 0 atom stereocenters. The fourth-order valence-electron chi connectivity index (χ4n) is 3.84. The fourth-order valence-corrected chi connectivity index (χ4v) is 4.04. The first kappa shape index (κ1) is 22.0. The smallest absolute Gasteiger partial charge is 0.220 e. The number of nitrogens with zero attached hydrogens (tertiary/aromatic N) is 5. The summed E-state index contributed by atoms with van der Waals surface area (Å²) < 4.78 is 17.0. The van der Waals surface area contributed by atoms with Gasteiger partial charge < -0.3 is 5.32 Å². The number of rotatable bonds is 6. The number of fused-ring (bicyclic) bond motifs is 3. The van der Waals surface area contributed by atoms with E-state index >= 15 is 0 Å². The van der Waals surface area contributed by atoms with Crippen LogP contribution in [0.1, 0.15) is 28.9 Å². The fraction of sp³-hybridized carbons (Fsp3) is 0.200. The molecule has 0 radical (unpaired) electrons. The lowest BCUT2D eigenvalue weighted by atomic mass is 10.0. The summed E-state index contributed by atoms with van der Waals surface area (Å²) in [6, 6.07) is 12.7. The van der Waals surface area contributed by atoms with Crippen LogP contribution in [0, 0.1) is 19.7 Å². The van der Waals surface area contributed by atoms with E-state index in [2.05, 4.69) is 47.6 Å². The molecule has 2 aromatic carbocycles. The Morgan fingerprint density at radius 3 is 2.71 bits per heavy atom. The zero-order valence-electron chi connectivity index (χ0n) is 18.7. The molecule has 3 heterocycles. The van der Waals surface area contributed by atoms with Crippen LogP contribution in [0.3, 0.4) is 0 Å². The van der Waals surface area contributed by atoms with Gasteiger partial charge in [-0.2, -0.15) is 5.10 Å². The number of hydrogen-bond donors (Lipinski definition) is 1. The highest BCUT2D eigenvalue weighted by atomic mass is 35.5. The summed E-state index contributed by atoms with van der Waals surface area (Å²) in [6.07, 6.45) is 4.38. The summed E-state index contributed by atoms with van der Waals surface area (Å²) in [5.41, 5.74) is 6.61. The molecule has 3 aromatic heterocycles. The number of carbonyl (C=O) groups is 1. The lowest BCUT2D eigenvalue weighted by molar-refractivity contribution is -0.121. The Hall–Kier alpha value is -3.78. The molecule has 5 rings (SSSR count). The molecule has 0 spiro atoms. The van der Waals surface area contributed by atoms with Crippen LogP contribution in [-0.4, -0.2) is 30.1 Å². The quantitative estimate of drug-likeness (QED) is 0.385. The highest BCUT2D eigenvalue weighted by Gasteiger charge is 2.14. The first-order valence-corrected chi connectivity index (χ1v) is 11.3. The van der Waals surface area contributed by atoms with Crippen LogP contribution >= 0.6 is 11.6 Å². The van der Waals surface area contributed by atoms with Gasteiger partial charge in [0.2, 0.25) is 5.91 Å². The summed E-state index contributed by atoms with van der Waals surface area (Å²) >= 11 is 5.79. The highest BCUT2D eigenvalue weighted by Crippen LogP contribution is 2.24. The third-order valence-corrected chi connectivity index (χ3v) is 6.23. The van der Waals surface area contributed by atoms with E-state index in [9.17, 15) is 9.18 Å². The summed E-state index contributed by atoms with van der Waals surface area (Å²) in [6.45, 7) is 4.45. The number of carbonyl (C=O) groups excluding carboxylic acids is 1. The largest absolute Gasteiger partial charge is 0.352 e. The van der Waals surface area contributed by atoms with Crippen molar-refractivity contribution in [2.24, 2.45) is 0 Å². The molecule has 0 saturated heterocycles. The Balaban J connectivity index is 1.31. The van der Waals surface area contributed by atoms with Gasteiger partial charge in [0.1, 0.15) is 17.2 Å². The van der Waals surface area contributed by atoms with Crippen molar-refractivity contribution < 1.29 is 9.18 Å². The maximum Gasteiger partial charge on any atom is 0.220 e. The maximum absolute atomic E-state index is 13.3. The Kier molecular flexibility index (Phi) is 5.75. The van der Waals surface area contributed by atoms with Gasteiger partial charge in [-0.15, -0.1) is 10.2 Å². The summed E-state index contributed by atoms with van der Waals surface area (Å²) in [5, 5.41) is 16.2. The molecule has 0 bridgehead atoms. The minimum Gasteiger partial charge on any atom is -0.352 e. The summed E-state index contributed by atoms with van der Waals surface area (Å²) in [7, 11) is 0. The molecule has 0 saturated carbocycles. The van der Waals surface area contributed by atoms with Crippen molar-refractivity contribution in [1.29, 1.82) is 0 Å². The molecule has 172 valence electrons. The van der Waals surface area contributed by atoms with Gasteiger partial charge in [0.25, 0.3) is 0 Å². The molecule has 1 amide bonds. The number of halogens is 2. The van der Waals surface area contributed by atoms with Crippen molar-refractivity contribution >= 4 is 28.7 Å². The third kappa shape index (κ3) is 4.24. The first-order chi connectivity index (χ1) is 16.4. The predicted molar refractivity (Wildman–Crippen MR) is 128 cm³/mol. The van der Waals surface area contributed by atoms with Crippen LogP contribution in [0.15, 0.2) is 54.9 Å². The van der Waals surface area contributed by atoms with Crippen molar-refractivity contribution in [3.8, 4) is 11.3 Å². The third-order valence-electron chi connectivity index (χ3n) is 5.94. The van der Waals surface area contributed by atoms with Crippen molar-refractivity contribution in [2.45, 2.75) is 33.2 Å². The van der Waals surface area contributed by atoms with Gasteiger partial charge in [0.15, 0.2) is 5.65 Å². The number of benzene rings is 2. The van der Waals surface area contributed by atoms with Crippen LogP contribution in [0.4, 0.5) is 4.39 Å². The van der Waals surface area contributed by atoms with Gasteiger partial charge in [0.05, 0.1) is 10.7 Å².